The van der Waals surface area contributed by atoms with Gasteiger partial charge in [-0.1, -0.05) is 42.5 Å². The summed E-state index contributed by atoms with van der Waals surface area (Å²) in [6.07, 6.45) is -1.13. The molecular weight excluding hydrogens is 368 g/mol. The molecular formula is C23H30N2O4. The first-order chi connectivity index (χ1) is 13.8. The van der Waals surface area contributed by atoms with Gasteiger partial charge in [0.1, 0.15) is 5.75 Å². The first kappa shape index (κ1) is 21.1. The molecule has 3 N–H and O–H groups in total. The van der Waals surface area contributed by atoms with E-state index in [2.05, 4.69) is 4.90 Å². The average Bonchev–Trinajstić information content (AvgIpc) is 2.66. The van der Waals surface area contributed by atoms with E-state index in [4.69, 9.17) is 15.2 Å². The molecule has 0 saturated carbocycles. The molecule has 3 atom stereocenters. The van der Waals surface area contributed by atoms with E-state index in [-0.39, 0.29) is 12.0 Å². The molecule has 0 radical (unpaired) electrons. The first-order valence-corrected chi connectivity index (χ1v) is 10.0. The maximum absolute atomic E-state index is 11.6. The van der Waals surface area contributed by atoms with E-state index >= 15 is 0 Å². The Morgan fingerprint density at radius 2 is 1.93 bits per heavy atom. The minimum Gasteiger partial charge on any atom is -0.491 e. The molecule has 1 heterocycles. The van der Waals surface area contributed by atoms with Gasteiger partial charge in [-0.2, -0.15) is 0 Å². The van der Waals surface area contributed by atoms with Crippen molar-refractivity contribution in [3.05, 3.63) is 65.2 Å². The van der Waals surface area contributed by atoms with E-state index in [1.54, 1.807) is 0 Å². The summed E-state index contributed by atoms with van der Waals surface area (Å²) < 4.78 is 11.6. The second-order valence-electron chi connectivity index (χ2n) is 7.92. The minimum atomic E-state index is -0.843. The number of aliphatic hydroxyl groups is 1. The summed E-state index contributed by atoms with van der Waals surface area (Å²) in [5, 5.41) is 10.6. The number of likely N-dealkylation sites (tertiary alicyclic amines) is 1. The Morgan fingerprint density at radius 3 is 2.55 bits per heavy atom. The third-order valence-electron chi connectivity index (χ3n) is 5.23. The average molecular weight is 399 g/mol. The zero-order valence-electron chi connectivity index (χ0n) is 17.2. The molecule has 156 valence electrons. The molecule has 0 aromatic heterocycles. The Kier molecular flexibility index (Phi) is 6.77. The second-order valence-corrected chi connectivity index (χ2v) is 7.92. The van der Waals surface area contributed by atoms with Crippen LogP contribution >= 0.6 is 0 Å². The molecule has 29 heavy (non-hydrogen) atoms. The number of ether oxygens (including phenoxy) is 2. The van der Waals surface area contributed by atoms with Gasteiger partial charge in [0, 0.05) is 18.0 Å². The van der Waals surface area contributed by atoms with Crippen molar-refractivity contribution < 1.29 is 19.4 Å². The fourth-order valence-corrected chi connectivity index (χ4v) is 3.89. The van der Waals surface area contributed by atoms with Gasteiger partial charge >= 0.3 is 6.09 Å². The van der Waals surface area contributed by atoms with Crippen molar-refractivity contribution in [3.8, 4) is 5.75 Å². The zero-order chi connectivity index (χ0) is 21.0. The first-order valence-electron chi connectivity index (χ1n) is 10.0. The minimum absolute atomic E-state index is 0.0435. The highest BCUT2D eigenvalue weighted by Crippen LogP contribution is 2.37. The van der Waals surface area contributed by atoms with Crippen LogP contribution in [0.15, 0.2) is 48.5 Å². The van der Waals surface area contributed by atoms with Gasteiger partial charge < -0.3 is 25.2 Å². The van der Waals surface area contributed by atoms with E-state index in [0.717, 1.165) is 29.7 Å². The van der Waals surface area contributed by atoms with Gasteiger partial charge in [0.15, 0.2) is 6.10 Å². The number of β-amino-alcohol motifs (C(OH)–C–C–N with tert-alkyl or cyclic N) is 1. The van der Waals surface area contributed by atoms with E-state index in [9.17, 15) is 9.90 Å². The van der Waals surface area contributed by atoms with Gasteiger partial charge in [-0.25, -0.2) is 4.79 Å². The molecule has 3 rings (SSSR count). The van der Waals surface area contributed by atoms with Crippen LogP contribution < -0.4 is 10.5 Å². The number of benzene rings is 2. The van der Waals surface area contributed by atoms with Gasteiger partial charge in [-0.3, -0.25) is 0 Å². The number of carbonyl (C=O) groups excluding carboxylic acids is 1. The van der Waals surface area contributed by atoms with Crippen LogP contribution in [0.4, 0.5) is 4.79 Å². The van der Waals surface area contributed by atoms with Crippen molar-refractivity contribution in [3.63, 3.8) is 0 Å². The van der Waals surface area contributed by atoms with Crippen molar-refractivity contribution in [2.45, 2.75) is 44.5 Å². The summed E-state index contributed by atoms with van der Waals surface area (Å²) in [5.74, 6) is 0.681. The lowest BCUT2D eigenvalue weighted by Crippen LogP contribution is -2.40. The van der Waals surface area contributed by atoms with Gasteiger partial charge in [0.05, 0.1) is 12.2 Å². The van der Waals surface area contributed by atoms with Crippen molar-refractivity contribution in [1.29, 1.82) is 0 Å². The number of aliphatic hydroxyl groups excluding tert-OH is 1. The molecule has 2 aromatic carbocycles. The number of likely N-dealkylation sites (N-methyl/N-ethyl adjacent to an activating group) is 1. The number of amides is 1. The summed E-state index contributed by atoms with van der Waals surface area (Å²) >= 11 is 0. The van der Waals surface area contributed by atoms with Crippen molar-refractivity contribution >= 4 is 6.09 Å². The lowest BCUT2D eigenvalue weighted by Gasteiger charge is -2.34. The number of hydrogen-bond acceptors (Lipinski definition) is 5. The van der Waals surface area contributed by atoms with Crippen molar-refractivity contribution in [1.82, 2.24) is 4.90 Å². The molecule has 2 aromatic rings. The third kappa shape index (κ3) is 5.28. The molecule has 0 spiro atoms. The topological polar surface area (TPSA) is 85.0 Å². The molecule has 1 aliphatic heterocycles. The van der Waals surface area contributed by atoms with Crippen molar-refractivity contribution in [2.24, 2.45) is 5.73 Å². The van der Waals surface area contributed by atoms with Gasteiger partial charge in [0.2, 0.25) is 0 Å². The summed E-state index contributed by atoms with van der Waals surface area (Å²) in [6, 6.07) is 15.3. The molecule has 1 saturated heterocycles. The van der Waals surface area contributed by atoms with Crippen molar-refractivity contribution in [2.75, 3.05) is 20.1 Å². The van der Waals surface area contributed by atoms with Crippen LogP contribution in [0.2, 0.25) is 0 Å². The van der Waals surface area contributed by atoms with Crippen LogP contribution in [-0.2, 0) is 4.74 Å². The van der Waals surface area contributed by atoms with Crippen LogP contribution in [0, 0.1) is 0 Å². The summed E-state index contributed by atoms with van der Waals surface area (Å²) in [5.41, 5.74) is 7.93. The summed E-state index contributed by atoms with van der Waals surface area (Å²) in [6.45, 7) is 5.48. The number of rotatable bonds is 6. The lowest BCUT2D eigenvalue weighted by atomic mass is 9.86. The van der Waals surface area contributed by atoms with Crippen LogP contribution in [0.1, 0.15) is 49.0 Å². The van der Waals surface area contributed by atoms with Gasteiger partial charge in [-0.05, 0) is 51.1 Å². The van der Waals surface area contributed by atoms with Crippen LogP contribution in [-0.4, -0.2) is 48.4 Å². The standard InChI is InChI=1S/C23H30N2O4/c1-15(2)28-21-13-17(18-11-12-25(3)14-20(18)26)9-10-19(21)22(29-23(24)27)16-7-5-4-6-8-16/h4-10,13,15,18,20,22,26H,11-12,14H2,1-3H3,(H2,24,27). The Balaban J connectivity index is 2.01. The monoisotopic (exact) mass is 398 g/mol. The van der Waals surface area contributed by atoms with Gasteiger partial charge in [0.25, 0.3) is 0 Å². The molecule has 1 fully saturated rings. The quantitative estimate of drug-likeness (QED) is 0.779. The van der Waals surface area contributed by atoms with E-state index in [1.165, 1.54) is 0 Å². The van der Waals surface area contributed by atoms with Crippen LogP contribution in [0.25, 0.3) is 0 Å². The molecule has 1 aliphatic rings. The lowest BCUT2D eigenvalue weighted by molar-refractivity contribution is 0.0636. The van der Waals surface area contributed by atoms with E-state index in [1.807, 2.05) is 69.4 Å². The fraction of sp³-hybridized carbons (Fsp3) is 0.435. The number of carbonyl (C=O) groups is 1. The highest BCUT2D eigenvalue weighted by atomic mass is 16.6. The second kappa shape index (κ2) is 9.29. The number of nitrogens with zero attached hydrogens (tertiary/aromatic N) is 1. The number of piperidine rings is 1. The highest BCUT2D eigenvalue weighted by Gasteiger charge is 2.29. The molecule has 1 amide bonds. The largest absolute Gasteiger partial charge is 0.491 e. The normalized spacial score (nSPS) is 21.0. The van der Waals surface area contributed by atoms with Gasteiger partial charge in [-0.15, -0.1) is 0 Å². The third-order valence-corrected chi connectivity index (χ3v) is 5.23. The molecule has 6 heteroatoms. The summed E-state index contributed by atoms with van der Waals surface area (Å²) in [7, 11) is 2.02. The Labute approximate surface area is 172 Å². The van der Waals surface area contributed by atoms with E-state index in [0.29, 0.717) is 12.3 Å². The molecule has 6 nitrogen and oxygen atoms in total. The number of hydrogen-bond donors (Lipinski definition) is 2. The summed E-state index contributed by atoms with van der Waals surface area (Å²) in [4.78, 5) is 13.7. The Hall–Kier alpha value is -2.57. The Morgan fingerprint density at radius 1 is 1.21 bits per heavy atom. The fourth-order valence-electron chi connectivity index (χ4n) is 3.89. The predicted molar refractivity (Wildman–Crippen MR) is 112 cm³/mol. The molecule has 3 unspecified atom stereocenters. The van der Waals surface area contributed by atoms with E-state index < -0.39 is 18.3 Å². The predicted octanol–water partition coefficient (Wildman–Crippen LogP) is 3.44. The number of nitrogens with two attached hydrogens (primary N) is 1. The highest BCUT2D eigenvalue weighted by molar-refractivity contribution is 5.66. The number of primary amides is 1. The SMILES string of the molecule is CC(C)Oc1cc(C2CCN(C)CC2O)ccc1C(OC(N)=O)c1ccccc1. The van der Waals surface area contributed by atoms with Crippen LogP contribution in [0.3, 0.4) is 0 Å². The maximum atomic E-state index is 11.6. The van der Waals surface area contributed by atoms with Crippen LogP contribution in [0.5, 0.6) is 5.75 Å². The Bertz CT molecular complexity index is 825. The smallest absolute Gasteiger partial charge is 0.405 e. The zero-order valence-corrected chi connectivity index (χ0v) is 17.2. The maximum Gasteiger partial charge on any atom is 0.405 e. The molecule has 0 aliphatic carbocycles. The molecule has 0 bridgehead atoms.